The van der Waals surface area contributed by atoms with Gasteiger partial charge in [0.2, 0.25) is 5.91 Å². The smallest absolute Gasteiger partial charge is 0.246 e. The van der Waals surface area contributed by atoms with Crippen molar-refractivity contribution in [3.63, 3.8) is 0 Å². The first kappa shape index (κ1) is 19.6. The summed E-state index contributed by atoms with van der Waals surface area (Å²) in [4.78, 5) is 14.3. The maximum absolute atomic E-state index is 12.4. The van der Waals surface area contributed by atoms with E-state index in [0.29, 0.717) is 23.1 Å². The van der Waals surface area contributed by atoms with E-state index >= 15 is 0 Å². The monoisotopic (exact) mass is 366 g/mol. The zero-order chi connectivity index (χ0) is 18.6. The zero-order valence-electron chi connectivity index (χ0n) is 15.3. The molecule has 2 unspecified atom stereocenters. The molecule has 25 heavy (non-hydrogen) atoms. The number of methoxy groups -OCH3 is 1. The van der Waals surface area contributed by atoms with E-state index in [1.54, 1.807) is 25.3 Å². The molecule has 138 valence electrons. The molecular weight excluding hydrogens is 340 g/mol. The predicted molar refractivity (Wildman–Crippen MR) is 101 cm³/mol. The van der Waals surface area contributed by atoms with Crippen molar-refractivity contribution in [3.8, 4) is 11.5 Å². The second-order valence-electron chi connectivity index (χ2n) is 6.70. The number of nitrogens with zero attached hydrogens (tertiary/aromatic N) is 1. The molecule has 0 saturated carbocycles. The van der Waals surface area contributed by atoms with Crippen LogP contribution >= 0.6 is 11.6 Å². The first-order chi connectivity index (χ1) is 11.8. The van der Waals surface area contributed by atoms with Crippen LogP contribution in [0.25, 0.3) is 6.08 Å². The molecule has 5 nitrogen and oxygen atoms in total. The van der Waals surface area contributed by atoms with Crippen LogP contribution in [0.2, 0.25) is 5.02 Å². The number of carbonyl (C=O) groups is 1. The molecule has 1 aliphatic rings. The van der Waals surface area contributed by atoms with Crippen LogP contribution in [0.5, 0.6) is 11.5 Å². The van der Waals surface area contributed by atoms with Crippen LogP contribution in [0.3, 0.4) is 0 Å². The van der Waals surface area contributed by atoms with Crippen molar-refractivity contribution in [2.24, 2.45) is 5.73 Å². The highest BCUT2D eigenvalue weighted by Gasteiger charge is 2.25. The highest BCUT2D eigenvalue weighted by molar-refractivity contribution is 6.32. The summed E-state index contributed by atoms with van der Waals surface area (Å²) in [7, 11) is 1.57. The Bertz CT molecular complexity index is 646. The Hall–Kier alpha value is -1.72. The molecule has 0 aliphatic carbocycles. The van der Waals surface area contributed by atoms with Crippen molar-refractivity contribution in [3.05, 3.63) is 28.8 Å². The second-order valence-corrected chi connectivity index (χ2v) is 7.11. The van der Waals surface area contributed by atoms with Gasteiger partial charge in [-0.3, -0.25) is 4.79 Å². The van der Waals surface area contributed by atoms with Gasteiger partial charge < -0.3 is 20.1 Å². The van der Waals surface area contributed by atoms with E-state index in [0.717, 1.165) is 18.4 Å². The zero-order valence-corrected chi connectivity index (χ0v) is 16.0. The average Bonchev–Trinajstić information content (AvgIpc) is 2.54. The molecular formula is C19H27ClN2O3. The third kappa shape index (κ3) is 5.13. The summed E-state index contributed by atoms with van der Waals surface area (Å²) in [6.07, 6.45) is 4.98. The van der Waals surface area contributed by atoms with Crippen molar-refractivity contribution in [2.45, 2.75) is 51.8 Å². The number of ether oxygens (including phenoxy) is 2. The lowest BCUT2D eigenvalue weighted by atomic mass is 9.99. The van der Waals surface area contributed by atoms with Crippen LogP contribution in [-0.2, 0) is 4.79 Å². The molecule has 2 atom stereocenters. The van der Waals surface area contributed by atoms with Crippen LogP contribution in [0.1, 0.15) is 39.2 Å². The van der Waals surface area contributed by atoms with Gasteiger partial charge in [0.1, 0.15) is 0 Å². The molecule has 0 spiro atoms. The Morgan fingerprint density at radius 3 is 2.76 bits per heavy atom. The number of hydrogen-bond donors (Lipinski definition) is 1. The number of likely N-dealkylation sites (tertiary alicyclic amines) is 1. The van der Waals surface area contributed by atoms with E-state index in [2.05, 4.69) is 0 Å². The lowest BCUT2D eigenvalue weighted by Crippen LogP contribution is -2.47. The van der Waals surface area contributed by atoms with Crippen molar-refractivity contribution in [1.82, 2.24) is 4.90 Å². The molecule has 6 heteroatoms. The lowest BCUT2D eigenvalue weighted by Gasteiger charge is -2.35. The van der Waals surface area contributed by atoms with Crippen LogP contribution in [-0.4, -0.2) is 42.6 Å². The summed E-state index contributed by atoms with van der Waals surface area (Å²) >= 11 is 6.31. The van der Waals surface area contributed by atoms with Crippen molar-refractivity contribution < 1.29 is 14.3 Å². The molecule has 1 aliphatic heterocycles. The Balaban J connectivity index is 2.15. The minimum atomic E-state index is -0.0167. The molecule has 1 fully saturated rings. The quantitative estimate of drug-likeness (QED) is 0.810. The lowest BCUT2D eigenvalue weighted by molar-refractivity contribution is -0.129. The van der Waals surface area contributed by atoms with Gasteiger partial charge in [-0.15, -0.1) is 0 Å². The van der Waals surface area contributed by atoms with Gasteiger partial charge in [0.15, 0.2) is 11.5 Å². The number of benzene rings is 1. The largest absolute Gasteiger partial charge is 0.493 e. The van der Waals surface area contributed by atoms with Gasteiger partial charge in [-0.25, -0.2) is 0 Å². The maximum atomic E-state index is 12.4. The normalized spacial score (nSPS) is 21.0. The first-order valence-corrected chi connectivity index (χ1v) is 8.98. The van der Waals surface area contributed by atoms with E-state index < -0.39 is 0 Å². The van der Waals surface area contributed by atoms with Crippen molar-refractivity contribution >= 4 is 23.6 Å². The van der Waals surface area contributed by atoms with Gasteiger partial charge in [0.25, 0.3) is 0 Å². The number of halogens is 1. The number of carbonyl (C=O) groups excluding carboxylic acids is 1. The van der Waals surface area contributed by atoms with E-state index in [4.69, 9.17) is 26.8 Å². The number of amides is 1. The van der Waals surface area contributed by atoms with E-state index in [9.17, 15) is 4.79 Å². The summed E-state index contributed by atoms with van der Waals surface area (Å²) in [5.41, 5.74) is 6.74. The molecule has 2 rings (SSSR count). The Labute approximate surface area is 154 Å². The fourth-order valence-corrected chi connectivity index (χ4v) is 3.25. The second kappa shape index (κ2) is 8.59. The van der Waals surface area contributed by atoms with Crippen molar-refractivity contribution in [1.29, 1.82) is 0 Å². The summed E-state index contributed by atoms with van der Waals surface area (Å²) < 4.78 is 11.1. The summed E-state index contributed by atoms with van der Waals surface area (Å²) in [6.45, 7) is 6.57. The highest BCUT2D eigenvalue weighted by atomic mass is 35.5. The van der Waals surface area contributed by atoms with Gasteiger partial charge in [0.05, 0.1) is 18.2 Å². The minimum absolute atomic E-state index is 0.0127. The Morgan fingerprint density at radius 2 is 2.16 bits per heavy atom. The Kier molecular flexibility index (Phi) is 6.73. The fourth-order valence-electron chi connectivity index (χ4n) is 2.99. The maximum Gasteiger partial charge on any atom is 0.246 e. The van der Waals surface area contributed by atoms with Crippen LogP contribution < -0.4 is 15.2 Å². The third-order valence-corrected chi connectivity index (χ3v) is 4.50. The minimum Gasteiger partial charge on any atom is -0.493 e. The molecule has 1 aromatic rings. The molecule has 0 bridgehead atoms. The number of rotatable bonds is 5. The van der Waals surface area contributed by atoms with Gasteiger partial charge >= 0.3 is 0 Å². The summed E-state index contributed by atoms with van der Waals surface area (Å²) in [5, 5.41) is 0.456. The summed E-state index contributed by atoms with van der Waals surface area (Å²) in [5.74, 6) is 1.05. The van der Waals surface area contributed by atoms with Gasteiger partial charge in [-0.05, 0) is 57.4 Å². The molecule has 0 aromatic heterocycles. The number of nitrogens with two attached hydrogens (primary N) is 1. The van der Waals surface area contributed by atoms with E-state index in [-0.39, 0.29) is 24.1 Å². The van der Waals surface area contributed by atoms with Gasteiger partial charge in [0, 0.05) is 24.7 Å². The SMILES string of the molecule is COc1cc(C=CC(=O)N2CCC(N)CC2C)cc(Cl)c1OC(C)C. The standard InChI is InChI=1S/C19H27ClN2O3/c1-12(2)25-19-16(20)10-14(11-17(19)24-4)5-6-18(23)22-8-7-15(21)9-13(22)3/h5-6,10-13,15H,7-9,21H2,1-4H3. The molecule has 1 heterocycles. The number of piperidine rings is 1. The van der Waals surface area contributed by atoms with Gasteiger partial charge in [-0.1, -0.05) is 11.6 Å². The van der Waals surface area contributed by atoms with Crippen LogP contribution in [0.4, 0.5) is 0 Å². The van der Waals surface area contributed by atoms with Crippen molar-refractivity contribution in [2.75, 3.05) is 13.7 Å². The van der Waals surface area contributed by atoms with Gasteiger partial charge in [-0.2, -0.15) is 0 Å². The molecule has 1 saturated heterocycles. The average molecular weight is 367 g/mol. The first-order valence-electron chi connectivity index (χ1n) is 8.60. The van der Waals surface area contributed by atoms with E-state index in [1.807, 2.05) is 31.7 Å². The van der Waals surface area contributed by atoms with Crippen LogP contribution in [0, 0.1) is 0 Å². The molecule has 1 aromatic carbocycles. The fraction of sp³-hybridized carbons (Fsp3) is 0.526. The molecule has 2 N–H and O–H groups in total. The topological polar surface area (TPSA) is 64.8 Å². The van der Waals surface area contributed by atoms with E-state index in [1.165, 1.54) is 0 Å². The summed E-state index contributed by atoms with van der Waals surface area (Å²) in [6, 6.07) is 3.91. The predicted octanol–water partition coefficient (Wildman–Crippen LogP) is 3.49. The van der Waals surface area contributed by atoms with Crippen LogP contribution in [0.15, 0.2) is 18.2 Å². The Morgan fingerprint density at radius 1 is 1.44 bits per heavy atom. The molecule has 0 radical (unpaired) electrons. The molecule has 1 amide bonds. The highest BCUT2D eigenvalue weighted by Crippen LogP contribution is 2.37. The third-order valence-electron chi connectivity index (χ3n) is 4.22. The number of hydrogen-bond acceptors (Lipinski definition) is 4.